The summed E-state index contributed by atoms with van der Waals surface area (Å²) in [6.45, 7) is 17.7. The van der Waals surface area contributed by atoms with Gasteiger partial charge in [-0.2, -0.15) is 0 Å². The Balaban J connectivity index is -0.0000000451. The summed E-state index contributed by atoms with van der Waals surface area (Å²) in [5.74, 6) is 0. The molecule has 0 bridgehead atoms. The first-order valence-corrected chi connectivity index (χ1v) is 20.3. The molecule has 276 valence electrons. The fourth-order valence-electron chi connectivity index (χ4n) is 1.04. The van der Waals surface area contributed by atoms with Crippen LogP contribution in [0.2, 0.25) is 0 Å². The molecule has 18 heteroatoms. The highest BCUT2D eigenvalue weighted by Crippen LogP contribution is 2.26. The van der Waals surface area contributed by atoms with Crippen LogP contribution in [0.1, 0.15) is 108 Å². The fraction of sp³-hybridized carbons (Fsp3) is 1.00. The summed E-state index contributed by atoms with van der Waals surface area (Å²) in [4.78, 5) is -1.78. The second kappa shape index (κ2) is 59.4. The van der Waals surface area contributed by atoms with Gasteiger partial charge >= 0.3 is 0 Å². The molecule has 0 fully saturated rings. The Morgan fingerprint density at radius 3 is 0.605 bits per heavy atom. The second-order valence-corrected chi connectivity index (χ2v) is 21.5. The molecule has 43 heavy (non-hydrogen) atoms. The van der Waals surface area contributed by atoms with Crippen LogP contribution < -0.4 is 0 Å². The standard InChI is InChI=1S/C9H18Cl2.8C2H4Cl2/c1-3-4-5-6-7-8-9(2,10)11;8*1-2(3)4/h3-8H2,1-2H3;8*2H,1H3. The van der Waals surface area contributed by atoms with Crippen molar-refractivity contribution in [1.82, 2.24) is 0 Å². The molecule has 0 spiro atoms. The van der Waals surface area contributed by atoms with E-state index >= 15 is 0 Å². The van der Waals surface area contributed by atoms with Crippen molar-refractivity contribution in [1.29, 1.82) is 0 Å². The number of unbranched alkanes of at least 4 members (excludes halogenated alkanes) is 4. The summed E-state index contributed by atoms with van der Waals surface area (Å²) in [5.41, 5.74) is 0. The van der Waals surface area contributed by atoms with E-state index in [0.717, 1.165) is 12.8 Å². The van der Waals surface area contributed by atoms with Crippen molar-refractivity contribution in [2.24, 2.45) is 0 Å². The summed E-state index contributed by atoms with van der Waals surface area (Å²) in [5, 5.41) is 0. The smallest absolute Gasteiger partial charge is 0.106 e. The van der Waals surface area contributed by atoms with Crippen molar-refractivity contribution < 1.29 is 0 Å². The first-order chi connectivity index (χ1) is 18.9. The van der Waals surface area contributed by atoms with Gasteiger partial charge in [0.2, 0.25) is 0 Å². The highest BCUT2D eigenvalue weighted by atomic mass is 35.6. The molecular formula is C25H50Cl18. The van der Waals surface area contributed by atoms with Crippen molar-refractivity contribution in [2.45, 2.75) is 151 Å². The Bertz CT molecular complexity index is 295. The first kappa shape index (κ1) is 69.9. The molecule has 0 unspecified atom stereocenters. The van der Waals surface area contributed by atoms with E-state index < -0.39 is 4.33 Å². The molecule has 0 saturated carbocycles. The lowest BCUT2D eigenvalue weighted by atomic mass is 10.1. The molecule has 0 heterocycles. The van der Waals surface area contributed by atoms with E-state index in [9.17, 15) is 0 Å². The lowest BCUT2D eigenvalue weighted by Crippen LogP contribution is -2.04. The molecule has 0 aliphatic heterocycles. The van der Waals surface area contributed by atoms with Crippen molar-refractivity contribution in [3.05, 3.63) is 0 Å². The van der Waals surface area contributed by atoms with Gasteiger partial charge in [0.15, 0.2) is 0 Å². The van der Waals surface area contributed by atoms with Crippen molar-refractivity contribution in [3.8, 4) is 0 Å². The van der Waals surface area contributed by atoms with Gasteiger partial charge in [-0.1, -0.05) is 39.0 Å². The third-order valence-electron chi connectivity index (χ3n) is 1.72. The second-order valence-electron chi connectivity index (χ2n) is 7.39. The van der Waals surface area contributed by atoms with E-state index in [4.69, 9.17) is 209 Å². The zero-order valence-corrected chi connectivity index (χ0v) is 39.8. The highest BCUT2D eigenvalue weighted by molar-refractivity contribution is 6.48. The summed E-state index contributed by atoms with van der Waals surface area (Å²) in [7, 11) is 0. The predicted octanol–water partition coefficient (Wildman–Crippen LogP) is 19.0. The van der Waals surface area contributed by atoms with Crippen LogP contribution in [0.3, 0.4) is 0 Å². The SMILES string of the molecule is CC(Cl)Cl.CC(Cl)Cl.CC(Cl)Cl.CC(Cl)Cl.CC(Cl)Cl.CC(Cl)Cl.CC(Cl)Cl.CC(Cl)Cl.CCCCCCCC(C)(Cl)Cl. The minimum atomic E-state index is -0.508. The molecule has 0 aliphatic carbocycles. The molecule has 0 atom stereocenters. The van der Waals surface area contributed by atoms with Crippen LogP contribution in [0, 0.1) is 0 Å². The molecule has 0 aromatic rings. The number of hydrogen-bond donors (Lipinski definition) is 0. The van der Waals surface area contributed by atoms with E-state index in [-0.39, 0.29) is 38.7 Å². The van der Waals surface area contributed by atoms with Crippen LogP contribution in [-0.2, 0) is 0 Å². The zero-order valence-electron chi connectivity index (χ0n) is 26.2. The van der Waals surface area contributed by atoms with Gasteiger partial charge in [0.1, 0.15) is 43.0 Å². The van der Waals surface area contributed by atoms with Gasteiger partial charge in [0.25, 0.3) is 0 Å². The molecule has 0 radical (unpaired) electrons. The molecular weight excluding hydrogens is 938 g/mol. The van der Waals surface area contributed by atoms with E-state index in [1.807, 2.05) is 6.92 Å². The summed E-state index contributed by atoms with van der Waals surface area (Å²) in [6.07, 6.45) is 7.28. The zero-order chi connectivity index (χ0) is 37.4. The van der Waals surface area contributed by atoms with Gasteiger partial charge in [-0.3, -0.25) is 0 Å². The van der Waals surface area contributed by atoms with Gasteiger partial charge < -0.3 is 0 Å². The largest absolute Gasteiger partial charge is 0.115 e. The minimum Gasteiger partial charge on any atom is -0.106 e. The molecule has 0 amide bonds. The van der Waals surface area contributed by atoms with Crippen LogP contribution in [0.5, 0.6) is 0 Å². The maximum absolute atomic E-state index is 5.81. The van der Waals surface area contributed by atoms with Crippen LogP contribution in [-0.4, -0.2) is 43.0 Å². The summed E-state index contributed by atoms with van der Waals surface area (Å²) in [6, 6.07) is 0. The number of rotatable bonds is 6. The average Bonchev–Trinajstić information content (AvgIpc) is 2.63. The first-order valence-electron chi connectivity index (χ1n) is 12.5. The number of hydrogen-bond acceptors (Lipinski definition) is 0. The van der Waals surface area contributed by atoms with Crippen LogP contribution >= 0.6 is 209 Å². The Labute approximate surface area is 355 Å². The Morgan fingerprint density at radius 2 is 0.488 bits per heavy atom. The molecule has 0 nitrogen and oxygen atoms in total. The van der Waals surface area contributed by atoms with E-state index in [1.165, 1.54) is 25.7 Å². The number of halogens is 18. The average molecular weight is 989 g/mol. The quantitative estimate of drug-likeness (QED) is 0.184. The van der Waals surface area contributed by atoms with Gasteiger partial charge in [-0.25, -0.2) is 0 Å². The maximum atomic E-state index is 5.81. The van der Waals surface area contributed by atoms with Gasteiger partial charge in [-0.15, -0.1) is 209 Å². The Kier molecular flexibility index (Phi) is 96.5. The van der Waals surface area contributed by atoms with Crippen LogP contribution in [0.15, 0.2) is 0 Å². The molecule has 0 rings (SSSR count). The molecule has 0 N–H and O–H groups in total. The number of alkyl halides is 18. The van der Waals surface area contributed by atoms with E-state index in [0.29, 0.717) is 0 Å². The lowest BCUT2D eigenvalue weighted by Gasteiger charge is -2.11. The summed E-state index contributed by atoms with van der Waals surface area (Å²) >= 11 is 92.3. The summed E-state index contributed by atoms with van der Waals surface area (Å²) < 4.78 is -0.508. The van der Waals surface area contributed by atoms with Crippen molar-refractivity contribution in [2.75, 3.05) is 0 Å². The Hall–Kier alpha value is 5.22. The maximum Gasteiger partial charge on any atom is 0.115 e. The molecule has 0 saturated heterocycles. The van der Waals surface area contributed by atoms with Crippen molar-refractivity contribution >= 4 is 209 Å². The van der Waals surface area contributed by atoms with E-state index in [1.54, 1.807) is 55.4 Å². The van der Waals surface area contributed by atoms with E-state index in [2.05, 4.69) is 6.92 Å². The molecule has 0 aliphatic rings. The Morgan fingerprint density at radius 1 is 0.349 bits per heavy atom. The highest BCUT2D eigenvalue weighted by Gasteiger charge is 2.14. The van der Waals surface area contributed by atoms with Crippen molar-refractivity contribution in [3.63, 3.8) is 0 Å². The monoisotopic (exact) mass is 980 g/mol. The topological polar surface area (TPSA) is 0 Å². The van der Waals surface area contributed by atoms with Gasteiger partial charge in [0, 0.05) is 0 Å². The minimum absolute atomic E-state index is 0.222. The lowest BCUT2D eigenvalue weighted by molar-refractivity contribution is 0.589. The van der Waals surface area contributed by atoms with Gasteiger partial charge in [0.05, 0.1) is 0 Å². The normalized spacial score (nSPS) is 9.77. The van der Waals surface area contributed by atoms with Crippen LogP contribution in [0.25, 0.3) is 0 Å². The third kappa shape index (κ3) is 552. The third-order valence-corrected chi connectivity index (χ3v) is 2.10. The fourth-order valence-corrected chi connectivity index (χ4v) is 1.31. The molecule has 0 aromatic carbocycles. The van der Waals surface area contributed by atoms with Crippen LogP contribution in [0.4, 0.5) is 0 Å². The predicted molar refractivity (Wildman–Crippen MR) is 223 cm³/mol. The van der Waals surface area contributed by atoms with Gasteiger partial charge in [-0.05, 0) is 68.7 Å². The molecule has 0 aromatic heterocycles.